The highest BCUT2D eigenvalue weighted by atomic mass is 32.2. The third-order valence-electron chi connectivity index (χ3n) is 6.03. The quantitative estimate of drug-likeness (QED) is 0.460. The average Bonchev–Trinajstić information content (AvgIpc) is 3.04. The van der Waals surface area contributed by atoms with Gasteiger partial charge in [-0.2, -0.15) is 0 Å². The first kappa shape index (κ1) is 20.8. The van der Waals surface area contributed by atoms with Crippen molar-refractivity contribution in [2.45, 2.75) is 50.9 Å². The van der Waals surface area contributed by atoms with Crippen LogP contribution in [0.1, 0.15) is 33.1 Å². The lowest BCUT2D eigenvalue weighted by atomic mass is 10.0. The summed E-state index contributed by atoms with van der Waals surface area (Å²) in [4.78, 5) is 32.9. The smallest absolute Gasteiger partial charge is 0.278 e. The standard InChI is InChI=1S/C22H28N4O3S/c1-5-25-21(28)20-19(16-12-15(29-4)9-10-17(16)24(20)3)23-22(25)30-13-18(27)26-11-7-6-8-14(26)2/h9-10,12,14H,5-8,11,13H2,1-4H3/t14-/m1/s1. The first-order chi connectivity index (χ1) is 14.5. The highest BCUT2D eigenvalue weighted by Gasteiger charge is 2.24. The number of piperidine rings is 1. The van der Waals surface area contributed by atoms with Crippen LogP contribution in [0.4, 0.5) is 0 Å². The van der Waals surface area contributed by atoms with Crippen molar-refractivity contribution in [3.05, 3.63) is 28.6 Å². The fourth-order valence-electron chi connectivity index (χ4n) is 4.33. The lowest BCUT2D eigenvalue weighted by Crippen LogP contribution is -2.43. The van der Waals surface area contributed by atoms with Gasteiger partial charge in [-0.3, -0.25) is 14.2 Å². The van der Waals surface area contributed by atoms with Crippen molar-refractivity contribution in [1.82, 2.24) is 19.0 Å². The maximum atomic E-state index is 13.3. The summed E-state index contributed by atoms with van der Waals surface area (Å²) in [5, 5.41) is 1.47. The summed E-state index contributed by atoms with van der Waals surface area (Å²) in [5.41, 5.74) is 2.07. The summed E-state index contributed by atoms with van der Waals surface area (Å²) in [7, 11) is 3.51. The van der Waals surface area contributed by atoms with Crippen LogP contribution in [0.25, 0.3) is 21.9 Å². The number of fused-ring (bicyclic) bond motifs is 3. The van der Waals surface area contributed by atoms with E-state index in [4.69, 9.17) is 9.72 Å². The van der Waals surface area contributed by atoms with Gasteiger partial charge in [0.05, 0.1) is 18.4 Å². The Labute approximate surface area is 180 Å². The minimum absolute atomic E-state index is 0.0820. The number of aryl methyl sites for hydroxylation is 1. The predicted octanol–water partition coefficient (Wildman–Crippen LogP) is 3.41. The van der Waals surface area contributed by atoms with Crippen LogP contribution in [0.3, 0.4) is 0 Å². The molecule has 1 aromatic carbocycles. The van der Waals surface area contributed by atoms with Gasteiger partial charge in [-0.15, -0.1) is 0 Å². The van der Waals surface area contributed by atoms with E-state index in [0.29, 0.717) is 22.7 Å². The van der Waals surface area contributed by atoms with Gasteiger partial charge in [-0.05, 0) is 51.3 Å². The molecule has 1 saturated heterocycles. The number of carbonyl (C=O) groups excluding carboxylic acids is 1. The Kier molecular flexibility index (Phi) is 5.77. The molecular formula is C22H28N4O3S. The highest BCUT2D eigenvalue weighted by Crippen LogP contribution is 2.30. The second-order valence-corrected chi connectivity index (χ2v) is 8.75. The number of hydrogen-bond acceptors (Lipinski definition) is 5. The van der Waals surface area contributed by atoms with E-state index in [-0.39, 0.29) is 23.3 Å². The SMILES string of the molecule is CCn1c(SCC(=O)N2CCCC[C@H]2C)nc2c3cc(OC)ccc3n(C)c2c1=O. The first-order valence-corrected chi connectivity index (χ1v) is 11.4. The van der Waals surface area contributed by atoms with Crippen LogP contribution in [0, 0.1) is 0 Å². The molecule has 0 radical (unpaired) electrons. The Hall–Kier alpha value is -2.48. The Morgan fingerprint density at radius 1 is 1.33 bits per heavy atom. The van der Waals surface area contributed by atoms with Crippen LogP contribution in [0.15, 0.2) is 28.2 Å². The molecular weight excluding hydrogens is 400 g/mol. The van der Waals surface area contributed by atoms with Gasteiger partial charge in [0, 0.05) is 31.6 Å². The molecule has 1 amide bonds. The van der Waals surface area contributed by atoms with E-state index >= 15 is 0 Å². The lowest BCUT2D eigenvalue weighted by Gasteiger charge is -2.33. The molecule has 1 aliphatic rings. The molecule has 0 aliphatic carbocycles. The van der Waals surface area contributed by atoms with Gasteiger partial charge in [0.2, 0.25) is 5.91 Å². The van der Waals surface area contributed by atoms with Crippen molar-refractivity contribution >= 4 is 39.6 Å². The molecule has 7 nitrogen and oxygen atoms in total. The van der Waals surface area contributed by atoms with Gasteiger partial charge in [0.1, 0.15) is 16.8 Å². The van der Waals surface area contributed by atoms with Gasteiger partial charge in [-0.1, -0.05) is 11.8 Å². The van der Waals surface area contributed by atoms with Gasteiger partial charge in [0.25, 0.3) is 5.56 Å². The Morgan fingerprint density at radius 2 is 2.13 bits per heavy atom. The van der Waals surface area contributed by atoms with Crippen LogP contribution in [-0.4, -0.2) is 50.4 Å². The molecule has 3 heterocycles. The zero-order valence-electron chi connectivity index (χ0n) is 18.0. The number of aromatic nitrogens is 3. The Balaban J connectivity index is 1.75. The number of nitrogens with zero attached hydrogens (tertiary/aromatic N) is 4. The van der Waals surface area contributed by atoms with Gasteiger partial charge in [0.15, 0.2) is 5.16 Å². The molecule has 1 fully saturated rings. The first-order valence-electron chi connectivity index (χ1n) is 10.5. The van der Waals surface area contributed by atoms with Crippen LogP contribution < -0.4 is 10.3 Å². The normalized spacial score (nSPS) is 17.1. The van der Waals surface area contributed by atoms with Crippen LogP contribution in [-0.2, 0) is 18.4 Å². The van der Waals surface area contributed by atoms with E-state index in [2.05, 4.69) is 6.92 Å². The van der Waals surface area contributed by atoms with E-state index in [1.165, 1.54) is 18.2 Å². The molecule has 1 aliphatic heterocycles. The summed E-state index contributed by atoms with van der Waals surface area (Å²) in [6.07, 6.45) is 3.29. The summed E-state index contributed by atoms with van der Waals surface area (Å²) in [5.74, 6) is 1.12. The molecule has 30 heavy (non-hydrogen) atoms. The van der Waals surface area contributed by atoms with Crippen molar-refractivity contribution in [3.63, 3.8) is 0 Å². The molecule has 0 N–H and O–H groups in total. The molecule has 0 unspecified atom stereocenters. The summed E-state index contributed by atoms with van der Waals surface area (Å²) in [6.45, 7) is 5.36. The number of carbonyl (C=O) groups is 1. The number of thioether (sulfide) groups is 1. The van der Waals surface area contributed by atoms with Crippen molar-refractivity contribution in [3.8, 4) is 5.75 Å². The highest BCUT2D eigenvalue weighted by molar-refractivity contribution is 7.99. The van der Waals surface area contributed by atoms with Crippen molar-refractivity contribution in [1.29, 1.82) is 0 Å². The maximum Gasteiger partial charge on any atom is 0.278 e. The third-order valence-corrected chi connectivity index (χ3v) is 6.99. The van der Waals surface area contributed by atoms with E-state index in [1.807, 2.05) is 41.6 Å². The van der Waals surface area contributed by atoms with Gasteiger partial charge >= 0.3 is 0 Å². The van der Waals surface area contributed by atoms with Crippen molar-refractivity contribution < 1.29 is 9.53 Å². The Bertz CT molecular complexity index is 1170. The number of amides is 1. The number of methoxy groups -OCH3 is 1. The van der Waals surface area contributed by atoms with Crippen molar-refractivity contribution in [2.75, 3.05) is 19.4 Å². The zero-order chi connectivity index (χ0) is 21.4. The molecule has 160 valence electrons. The molecule has 8 heteroatoms. The minimum Gasteiger partial charge on any atom is -0.497 e. The second kappa shape index (κ2) is 8.34. The number of rotatable bonds is 5. The monoisotopic (exact) mass is 428 g/mol. The number of ether oxygens (including phenoxy) is 1. The van der Waals surface area contributed by atoms with Crippen LogP contribution in [0.2, 0.25) is 0 Å². The van der Waals surface area contributed by atoms with E-state index in [0.717, 1.165) is 36.0 Å². The summed E-state index contributed by atoms with van der Waals surface area (Å²) >= 11 is 1.35. The zero-order valence-corrected chi connectivity index (χ0v) is 18.8. The fraction of sp³-hybridized carbons (Fsp3) is 0.500. The topological polar surface area (TPSA) is 69.4 Å². The summed E-state index contributed by atoms with van der Waals surface area (Å²) < 4.78 is 8.92. The predicted molar refractivity (Wildman–Crippen MR) is 120 cm³/mol. The average molecular weight is 429 g/mol. The molecule has 3 aromatic rings. The molecule has 0 bridgehead atoms. The van der Waals surface area contributed by atoms with E-state index in [9.17, 15) is 9.59 Å². The molecule has 0 saturated carbocycles. The maximum absolute atomic E-state index is 13.3. The van der Waals surface area contributed by atoms with Crippen LogP contribution >= 0.6 is 11.8 Å². The number of hydrogen-bond donors (Lipinski definition) is 0. The van der Waals surface area contributed by atoms with Gasteiger partial charge < -0.3 is 14.2 Å². The number of benzene rings is 1. The second-order valence-electron chi connectivity index (χ2n) is 7.80. The molecule has 2 aromatic heterocycles. The molecule has 1 atom stereocenters. The molecule has 0 spiro atoms. The van der Waals surface area contributed by atoms with E-state index < -0.39 is 0 Å². The van der Waals surface area contributed by atoms with E-state index in [1.54, 1.807) is 11.7 Å². The largest absolute Gasteiger partial charge is 0.497 e. The third kappa shape index (κ3) is 3.47. The summed E-state index contributed by atoms with van der Waals surface area (Å²) in [6, 6.07) is 6.02. The van der Waals surface area contributed by atoms with Crippen LogP contribution in [0.5, 0.6) is 5.75 Å². The van der Waals surface area contributed by atoms with Crippen molar-refractivity contribution in [2.24, 2.45) is 7.05 Å². The van der Waals surface area contributed by atoms with Gasteiger partial charge in [-0.25, -0.2) is 4.98 Å². The Morgan fingerprint density at radius 3 is 2.83 bits per heavy atom. The molecule has 4 rings (SSSR count). The lowest BCUT2D eigenvalue weighted by molar-refractivity contribution is -0.131. The minimum atomic E-state index is -0.0820. The number of likely N-dealkylation sites (tertiary alicyclic amines) is 1. The fourth-order valence-corrected chi connectivity index (χ4v) is 5.27.